The number of methoxy groups -OCH3 is 1. The van der Waals surface area contributed by atoms with Crippen LogP contribution in [0, 0.1) is 0 Å². The predicted molar refractivity (Wildman–Crippen MR) is 78.8 cm³/mol. The number of rotatable bonds is 9. The second-order valence-corrected chi connectivity index (χ2v) is 4.58. The highest BCUT2D eigenvalue weighted by Crippen LogP contribution is 2.10. The molecule has 2 nitrogen and oxygen atoms in total. The maximum absolute atomic E-state index is 5.11. The third kappa shape index (κ3) is 6.43. The Balaban J connectivity index is 2.12. The van der Waals surface area contributed by atoms with E-state index in [1.54, 1.807) is 7.11 Å². The van der Waals surface area contributed by atoms with E-state index in [9.17, 15) is 0 Å². The van der Waals surface area contributed by atoms with Crippen LogP contribution in [0.2, 0.25) is 0 Å². The largest absolute Gasteiger partial charge is 0.497 e. The van der Waals surface area contributed by atoms with Gasteiger partial charge in [0.05, 0.1) is 7.11 Å². The van der Waals surface area contributed by atoms with Gasteiger partial charge in [-0.2, -0.15) is 0 Å². The lowest BCUT2D eigenvalue weighted by Gasteiger charge is -1.99. The Bertz CT molecular complexity index is 329. The van der Waals surface area contributed by atoms with Crippen molar-refractivity contribution in [3.63, 3.8) is 0 Å². The van der Waals surface area contributed by atoms with Crippen molar-refractivity contribution in [3.8, 4) is 5.75 Å². The molecule has 0 radical (unpaired) electrons. The van der Waals surface area contributed by atoms with Crippen LogP contribution in [-0.2, 0) is 0 Å². The van der Waals surface area contributed by atoms with Crippen molar-refractivity contribution in [1.82, 2.24) is 0 Å². The lowest BCUT2D eigenvalue weighted by Crippen LogP contribution is -1.87. The molecule has 0 N–H and O–H groups in total. The van der Waals surface area contributed by atoms with E-state index in [2.05, 4.69) is 11.9 Å². The zero-order valence-electron chi connectivity index (χ0n) is 11.7. The summed E-state index contributed by atoms with van der Waals surface area (Å²) >= 11 is 0. The molecule has 0 unspecified atom stereocenters. The van der Waals surface area contributed by atoms with E-state index < -0.39 is 0 Å². The van der Waals surface area contributed by atoms with Crippen molar-refractivity contribution in [2.24, 2.45) is 4.99 Å². The maximum atomic E-state index is 5.11. The van der Waals surface area contributed by atoms with Crippen molar-refractivity contribution < 1.29 is 4.74 Å². The summed E-state index contributed by atoms with van der Waals surface area (Å²) in [4.78, 5) is 4.45. The fourth-order valence-corrected chi connectivity index (χ4v) is 1.84. The molecule has 0 fully saturated rings. The highest BCUT2D eigenvalue weighted by atomic mass is 16.5. The highest BCUT2D eigenvalue weighted by molar-refractivity contribution is 5.79. The third-order valence-electron chi connectivity index (χ3n) is 3.00. The van der Waals surface area contributed by atoms with E-state index in [0.717, 1.165) is 17.9 Å². The van der Waals surface area contributed by atoms with E-state index in [0.29, 0.717) is 0 Å². The van der Waals surface area contributed by atoms with Gasteiger partial charge in [-0.25, -0.2) is 0 Å². The van der Waals surface area contributed by atoms with Gasteiger partial charge in [0.1, 0.15) is 5.75 Å². The molecular weight excluding hydrogens is 222 g/mol. The first kappa shape index (κ1) is 14.7. The Morgan fingerprint density at radius 3 is 2.33 bits per heavy atom. The number of benzene rings is 1. The molecule has 0 atom stereocenters. The summed E-state index contributed by atoms with van der Waals surface area (Å²) in [7, 11) is 1.68. The van der Waals surface area contributed by atoms with Gasteiger partial charge in [-0.05, 0) is 36.2 Å². The smallest absolute Gasteiger partial charge is 0.118 e. The van der Waals surface area contributed by atoms with Gasteiger partial charge < -0.3 is 4.74 Å². The topological polar surface area (TPSA) is 21.6 Å². The van der Waals surface area contributed by atoms with Crippen LogP contribution >= 0.6 is 0 Å². The summed E-state index contributed by atoms with van der Waals surface area (Å²) in [5.41, 5.74) is 1.14. The van der Waals surface area contributed by atoms with Crippen LogP contribution in [0.15, 0.2) is 29.3 Å². The second-order valence-electron chi connectivity index (χ2n) is 4.58. The molecule has 0 aromatic heterocycles. The van der Waals surface area contributed by atoms with Crippen LogP contribution in [0.3, 0.4) is 0 Å². The second kappa shape index (κ2) is 9.69. The monoisotopic (exact) mass is 247 g/mol. The summed E-state index contributed by atoms with van der Waals surface area (Å²) in [6, 6.07) is 7.99. The zero-order valence-corrected chi connectivity index (χ0v) is 11.7. The summed E-state index contributed by atoms with van der Waals surface area (Å²) in [6.07, 6.45) is 9.87. The molecule has 0 saturated heterocycles. The van der Waals surface area contributed by atoms with Crippen LogP contribution < -0.4 is 4.74 Å². The van der Waals surface area contributed by atoms with Crippen LogP contribution in [0.1, 0.15) is 51.0 Å². The Kier molecular flexibility index (Phi) is 7.94. The first-order chi connectivity index (χ1) is 8.86. The SMILES string of the molecule is CCCCCCCCN=Cc1ccc(OC)cc1. The van der Waals surface area contributed by atoms with Gasteiger partial charge in [-0.15, -0.1) is 0 Å². The van der Waals surface area contributed by atoms with Crippen molar-refractivity contribution in [3.05, 3.63) is 29.8 Å². The van der Waals surface area contributed by atoms with Crippen molar-refractivity contribution in [2.75, 3.05) is 13.7 Å². The normalized spacial score (nSPS) is 11.0. The Morgan fingerprint density at radius 1 is 1.00 bits per heavy atom. The van der Waals surface area contributed by atoms with Crippen molar-refractivity contribution in [1.29, 1.82) is 0 Å². The molecule has 0 aliphatic rings. The van der Waals surface area contributed by atoms with Gasteiger partial charge >= 0.3 is 0 Å². The van der Waals surface area contributed by atoms with E-state index in [-0.39, 0.29) is 0 Å². The third-order valence-corrected chi connectivity index (χ3v) is 3.00. The molecule has 0 spiro atoms. The van der Waals surface area contributed by atoms with Gasteiger partial charge in [-0.1, -0.05) is 39.0 Å². The zero-order chi connectivity index (χ0) is 13.1. The Labute approximate surface area is 111 Å². The highest BCUT2D eigenvalue weighted by Gasteiger charge is 1.91. The Morgan fingerprint density at radius 2 is 1.67 bits per heavy atom. The molecule has 2 heteroatoms. The minimum absolute atomic E-state index is 0.892. The van der Waals surface area contributed by atoms with Crippen LogP contribution in [0.4, 0.5) is 0 Å². The molecule has 0 bridgehead atoms. The van der Waals surface area contributed by atoms with Crippen LogP contribution in [-0.4, -0.2) is 19.9 Å². The fraction of sp³-hybridized carbons (Fsp3) is 0.562. The molecule has 0 amide bonds. The first-order valence-corrected chi connectivity index (χ1v) is 7.00. The van der Waals surface area contributed by atoms with Gasteiger partial charge in [0.15, 0.2) is 0 Å². The van der Waals surface area contributed by atoms with Gasteiger partial charge in [-0.3, -0.25) is 4.99 Å². The minimum atomic E-state index is 0.892. The van der Waals surface area contributed by atoms with E-state index in [4.69, 9.17) is 4.74 Å². The van der Waals surface area contributed by atoms with Crippen molar-refractivity contribution in [2.45, 2.75) is 45.4 Å². The molecular formula is C16H25NO. The molecule has 100 valence electrons. The number of hydrogen-bond donors (Lipinski definition) is 0. The summed E-state index contributed by atoms with van der Waals surface area (Å²) < 4.78 is 5.11. The summed E-state index contributed by atoms with van der Waals surface area (Å²) in [5.74, 6) is 0.892. The van der Waals surface area contributed by atoms with E-state index in [1.807, 2.05) is 30.5 Å². The molecule has 0 saturated carbocycles. The Hall–Kier alpha value is -1.31. The predicted octanol–water partition coefficient (Wildman–Crippen LogP) is 4.47. The molecule has 0 aliphatic carbocycles. The molecule has 0 heterocycles. The fourth-order valence-electron chi connectivity index (χ4n) is 1.84. The summed E-state index contributed by atoms with van der Waals surface area (Å²) in [5, 5.41) is 0. The number of hydrogen-bond acceptors (Lipinski definition) is 2. The number of ether oxygens (including phenoxy) is 1. The molecule has 18 heavy (non-hydrogen) atoms. The molecule has 1 aromatic rings. The van der Waals surface area contributed by atoms with Gasteiger partial charge in [0.2, 0.25) is 0 Å². The van der Waals surface area contributed by atoms with Crippen LogP contribution in [0.25, 0.3) is 0 Å². The maximum Gasteiger partial charge on any atom is 0.118 e. The van der Waals surface area contributed by atoms with E-state index in [1.165, 1.54) is 38.5 Å². The number of unbranched alkanes of at least 4 members (excludes halogenated alkanes) is 5. The van der Waals surface area contributed by atoms with E-state index >= 15 is 0 Å². The molecule has 1 rings (SSSR count). The number of aliphatic imine (C=N–C) groups is 1. The quantitative estimate of drug-likeness (QED) is 0.466. The van der Waals surface area contributed by atoms with Crippen LogP contribution in [0.5, 0.6) is 5.75 Å². The first-order valence-electron chi connectivity index (χ1n) is 7.00. The van der Waals surface area contributed by atoms with Crippen molar-refractivity contribution >= 4 is 6.21 Å². The standard InChI is InChI=1S/C16H25NO/c1-3-4-5-6-7-8-13-17-14-15-9-11-16(18-2)12-10-15/h9-12,14H,3-8,13H2,1-2H3. The minimum Gasteiger partial charge on any atom is -0.497 e. The molecule has 0 aliphatic heterocycles. The number of nitrogens with zero attached hydrogens (tertiary/aromatic N) is 1. The average molecular weight is 247 g/mol. The van der Waals surface area contributed by atoms with Gasteiger partial charge in [0, 0.05) is 12.8 Å². The summed E-state index contributed by atoms with van der Waals surface area (Å²) in [6.45, 7) is 3.19. The van der Waals surface area contributed by atoms with Gasteiger partial charge in [0.25, 0.3) is 0 Å². The molecule has 1 aromatic carbocycles. The lowest BCUT2D eigenvalue weighted by molar-refractivity contribution is 0.415. The lowest BCUT2D eigenvalue weighted by atomic mass is 10.1. The average Bonchev–Trinajstić information content (AvgIpc) is 2.42.